The lowest BCUT2D eigenvalue weighted by Gasteiger charge is -2.31. The molecule has 1 fully saturated rings. The Bertz CT molecular complexity index is 685. The Morgan fingerprint density at radius 1 is 1.43 bits per heavy atom. The molecule has 1 unspecified atom stereocenters. The molecule has 0 spiro atoms. The summed E-state index contributed by atoms with van der Waals surface area (Å²) in [5.74, 6) is 1.15. The van der Waals surface area contributed by atoms with Crippen molar-refractivity contribution >= 4 is 17.2 Å². The minimum absolute atomic E-state index is 0.0165. The van der Waals surface area contributed by atoms with Crippen LogP contribution in [-0.2, 0) is 0 Å². The van der Waals surface area contributed by atoms with Crippen LogP contribution in [-0.4, -0.2) is 33.9 Å². The minimum atomic E-state index is -0.0165. The Kier molecular flexibility index (Phi) is 4.53. The van der Waals surface area contributed by atoms with Gasteiger partial charge in [-0.25, -0.2) is 9.97 Å². The van der Waals surface area contributed by atoms with E-state index in [0.29, 0.717) is 17.4 Å². The number of carbonyl (C=O) groups is 1. The van der Waals surface area contributed by atoms with Crippen molar-refractivity contribution in [1.82, 2.24) is 14.9 Å². The molecule has 1 aliphatic rings. The molecule has 0 aromatic carbocycles. The molecule has 0 aliphatic carbocycles. The summed E-state index contributed by atoms with van der Waals surface area (Å²) in [5, 5.41) is 1.15. The third-order valence-electron chi connectivity index (χ3n) is 4.42. The van der Waals surface area contributed by atoms with E-state index in [4.69, 9.17) is 4.42 Å². The van der Waals surface area contributed by atoms with E-state index >= 15 is 0 Å². The molecule has 2 aromatic heterocycles. The molecule has 0 N–H and O–H groups in total. The van der Waals surface area contributed by atoms with Crippen molar-refractivity contribution in [2.24, 2.45) is 0 Å². The molecule has 0 saturated carbocycles. The fourth-order valence-corrected chi connectivity index (χ4v) is 4.06. The molecule has 1 aliphatic heterocycles. The number of aromatic nitrogens is 2. The van der Waals surface area contributed by atoms with E-state index in [1.165, 1.54) is 11.3 Å². The fourth-order valence-electron chi connectivity index (χ4n) is 3.01. The molecule has 1 atom stereocenters. The number of hydrogen-bond donors (Lipinski definition) is 0. The third kappa shape index (κ3) is 3.17. The van der Waals surface area contributed by atoms with Gasteiger partial charge in [0.1, 0.15) is 5.76 Å². The highest BCUT2D eigenvalue weighted by atomic mass is 32.1. The first-order chi connectivity index (χ1) is 11.0. The molecular formula is C17H23N3O2S. The van der Waals surface area contributed by atoms with Gasteiger partial charge in [0.15, 0.2) is 12.1 Å². The molecule has 0 bridgehead atoms. The van der Waals surface area contributed by atoms with Crippen LogP contribution in [0.25, 0.3) is 0 Å². The Labute approximate surface area is 140 Å². The summed E-state index contributed by atoms with van der Waals surface area (Å²) in [4.78, 5) is 24.8. The number of carbonyl (C=O) groups excluding carboxylic acids is 1. The average molecular weight is 333 g/mol. The summed E-state index contributed by atoms with van der Waals surface area (Å²) in [6.07, 6.45) is 3.46. The van der Waals surface area contributed by atoms with Gasteiger partial charge in [-0.15, -0.1) is 11.3 Å². The number of thiazole rings is 1. The number of oxazole rings is 1. The maximum Gasteiger partial charge on any atom is 0.276 e. The van der Waals surface area contributed by atoms with Gasteiger partial charge >= 0.3 is 0 Å². The fraction of sp³-hybridized carbons (Fsp3) is 0.588. The number of amides is 1. The van der Waals surface area contributed by atoms with Crippen LogP contribution in [0, 0.1) is 13.8 Å². The van der Waals surface area contributed by atoms with Crippen LogP contribution in [0.15, 0.2) is 10.8 Å². The summed E-state index contributed by atoms with van der Waals surface area (Å²) in [6.45, 7) is 9.67. The third-order valence-corrected chi connectivity index (χ3v) is 5.66. The van der Waals surface area contributed by atoms with Crippen molar-refractivity contribution in [3.63, 3.8) is 0 Å². The molecule has 3 rings (SSSR count). The first-order valence-electron chi connectivity index (χ1n) is 8.14. The lowest BCUT2D eigenvalue weighted by atomic mass is 9.98. The van der Waals surface area contributed by atoms with E-state index in [9.17, 15) is 4.79 Å². The van der Waals surface area contributed by atoms with E-state index < -0.39 is 0 Å². The summed E-state index contributed by atoms with van der Waals surface area (Å²) in [6, 6.07) is 0. The van der Waals surface area contributed by atoms with Crippen LogP contribution in [0.3, 0.4) is 0 Å². The van der Waals surface area contributed by atoms with Gasteiger partial charge in [0, 0.05) is 29.8 Å². The second kappa shape index (κ2) is 6.43. The van der Waals surface area contributed by atoms with Gasteiger partial charge in [-0.2, -0.15) is 0 Å². The molecule has 124 valence electrons. The number of piperidine rings is 1. The monoisotopic (exact) mass is 333 g/mol. The smallest absolute Gasteiger partial charge is 0.276 e. The summed E-state index contributed by atoms with van der Waals surface area (Å²) in [5.41, 5.74) is 1.57. The first kappa shape index (κ1) is 16.2. The van der Waals surface area contributed by atoms with Gasteiger partial charge in [0.05, 0.1) is 10.7 Å². The van der Waals surface area contributed by atoms with Crippen molar-refractivity contribution in [1.29, 1.82) is 0 Å². The molecule has 5 nitrogen and oxygen atoms in total. The van der Waals surface area contributed by atoms with Crippen LogP contribution in [0.2, 0.25) is 0 Å². The Hall–Kier alpha value is -1.69. The summed E-state index contributed by atoms with van der Waals surface area (Å²) >= 11 is 1.76. The van der Waals surface area contributed by atoms with Gasteiger partial charge in [0.25, 0.3) is 5.91 Å². The largest absolute Gasteiger partial charge is 0.447 e. The van der Waals surface area contributed by atoms with Crippen molar-refractivity contribution < 1.29 is 9.21 Å². The average Bonchev–Trinajstić information content (AvgIpc) is 3.14. The van der Waals surface area contributed by atoms with Crippen LogP contribution in [0.5, 0.6) is 0 Å². The highest BCUT2D eigenvalue weighted by Crippen LogP contribution is 2.32. The summed E-state index contributed by atoms with van der Waals surface area (Å²) in [7, 11) is 0. The zero-order valence-electron chi connectivity index (χ0n) is 14.1. The van der Waals surface area contributed by atoms with Crippen LogP contribution >= 0.6 is 11.3 Å². The maximum atomic E-state index is 12.8. The highest BCUT2D eigenvalue weighted by molar-refractivity contribution is 7.11. The number of hydrogen-bond acceptors (Lipinski definition) is 5. The Morgan fingerprint density at radius 2 is 2.22 bits per heavy atom. The predicted octanol–water partition coefficient (Wildman–Crippen LogP) is 3.89. The van der Waals surface area contributed by atoms with Crippen molar-refractivity contribution in [3.05, 3.63) is 33.4 Å². The van der Waals surface area contributed by atoms with E-state index in [1.807, 2.05) is 25.7 Å². The minimum Gasteiger partial charge on any atom is -0.447 e. The lowest BCUT2D eigenvalue weighted by molar-refractivity contribution is 0.0699. The van der Waals surface area contributed by atoms with E-state index in [1.54, 1.807) is 11.3 Å². The van der Waals surface area contributed by atoms with E-state index in [-0.39, 0.29) is 11.8 Å². The van der Waals surface area contributed by atoms with Crippen LogP contribution in [0.4, 0.5) is 0 Å². The SMILES string of the molecule is Cc1nc(C2CCCN(C(=O)c3ncoc3C(C)C)C2)sc1C. The van der Waals surface area contributed by atoms with Gasteiger partial charge in [-0.3, -0.25) is 4.79 Å². The van der Waals surface area contributed by atoms with Crippen molar-refractivity contribution in [3.8, 4) is 0 Å². The second-order valence-corrected chi connectivity index (χ2v) is 7.74. The van der Waals surface area contributed by atoms with Gasteiger partial charge < -0.3 is 9.32 Å². The quantitative estimate of drug-likeness (QED) is 0.855. The summed E-state index contributed by atoms with van der Waals surface area (Å²) < 4.78 is 5.40. The van der Waals surface area contributed by atoms with Gasteiger partial charge in [-0.1, -0.05) is 13.8 Å². The second-order valence-electron chi connectivity index (χ2n) is 6.50. The molecular weight excluding hydrogens is 310 g/mol. The molecule has 0 radical (unpaired) electrons. The number of likely N-dealkylation sites (tertiary alicyclic amines) is 1. The lowest BCUT2D eigenvalue weighted by Crippen LogP contribution is -2.39. The molecule has 23 heavy (non-hydrogen) atoms. The number of aryl methyl sites for hydroxylation is 2. The molecule has 1 amide bonds. The van der Waals surface area contributed by atoms with Gasteiger partial charge in [0.2, 0.25) is 0 Å². The Morgan fingerprint density at radius 3 is 2.87 bits per heavy atom. The zero-order valence-corrected chi connectivity index (χ0v) is 14.9. The maximum absolute atomic E-state index is 12.8. The Balaban J connectivity index is 1.78. The van der Waals surface area contributed by atoms with Crippen LogP contribution < -0.4 is 0 Å². The first-order valence-corrected chi connectivity index (χ1v) is 8.95. The van der Waals surface area contributed by atoms with E-state index in [2.05, 4.69) is 16.9 Å². The van der Waals surface area contributed by atoms with Crippen molar-refractivity contribution in [2.75, 3.05) is 13.1 Å². The molecule has 1 saturated heterocycles. The number of rotatable bonds is 3. The standard InChI is InChI=1S/C17H23N3O2S/c1-10(2)15-14(18-9-22-15)17(21)20-7-5-6-13(8-20)16-19-11(3)12(4)23-16/h9-10,13H,5-8H2,1-4H3. The zero-order chi connectivity index (χ0) is 16.6. The normalized spacial score (nSPS) is 18.7. The van der Waals surface area contributed by atoms with Crippen molar-refractivity contribution in [2.45, 2.75) is 52.4 Å². The van der Waals surface area contributed by atoms with Crippen LogP contribution in [0.1, 0.15) is 70.4 Å². The molecule has 2 aromatic rings. The molecule has 6 heteroatoms. The number of nitrogens with zero attached hydrogens (tertiary/aromatic N) is 3. The highest BCUT2D eigenvalue weighted by Gasteiger charge is 2.30. The van der Waals surface area contributed by atoms with E-state index in [0.717, 1.165) is 36.6 Å². The topological polar surface area (TPSA) is 59.2 Å². The molecule has 3 heterocycles. The van der Waals surface area contributed by atoms with Gasteiger partial charge in [-0.05, 0) is 26.7 Å². The predicted molar refractivity (Wildman–Crippen MR) is 90.1 cm³/mol.